The van der Waals surface area contributed by atoms with E-state index in [2.05, 4.69) is 10.5 Å². The van der Waals surface area contributed by atoms with Crippen LogP contribution in [0.2, 0.25) is 0 Å². The molecule has 0 saturated heterocycles. The first-order valence-electron chi connectivity index (χ1n) is 7.45. The van der Waals surface area contributed by atoms with E-state index in [-0.39, 0.29) is 24.3 Å². The van der Waals surface area contributed by atoms with Crippen LogP contribution in [0, 0.1) is 18.6 Å². The Labute approximate surface area is 136 Å². The van der Waals surface area contributed by atoms with Crippen LogP contribution in [0.25, 0.3) is 0 Å². The third kappa shape index (κ3) is 3.12. The van der Waals surface area contributed by atoms with Crippen molar-refractivity contribution >= 4 is 17.5 Å². The molecule has 0 spiro atoms. The van der Waals surface area contributed by atoms with Crippen molar-refractivity contribution < 1.29 is 22.9 Å². The molecule has 0 aliphatic carbocycles. The predicted octanol–water partition coefficient (Wildman–Crippen LogP) is 1.86. The number of hydrogen-bond acceptors (Lipinski definition) is 4. The Morgan fingerprint density at radius 2 is 2.12 bits per heavy atom. The summed E-state index contributed by atoms with van der Waals surface area (Å²) in [5.74, 6) is -2.64. The summed E-state index contributed by atoms with van der Waals surface area (Å²) in [6, 6.07) is 3.48. The van der Waals surface area contributed by atoms with Crippen molar-refractivity contribution in [2.75, 3.05) is 11.4 Å². The van der Waals surface area contributed by atoms with E-state index in [4.69, 9.17) is 4.52 Å². The number of aryl methyl sites for hydroxylation is 1. The van der Waals surface area contributed by atoms with Crippen molar-refractivity contribution in [1.29, 1.82) is 0 Å². The first-order chi connectivity index (χ1) is 11.5. The van der Waals surface area contributed by atoms with Gasteiger partial charge in [0, 0.05) is 24.2 Å². The Morgan fingerprint density at radius 3 is 2.83 bits per heavy atom. The van der Waals surface area contributed by atoms with Gasteiger partial charge in [-0.15, -0.1) is 0 Å². The average Bonchev–Trinajstić information content (AvgIpc) is 2.97. The number of nitrogens with zero attached hydrogens (tertiary/aromatic N) is 2. The Bertz CT molecular complexity index is 804. The Morgan fingerprint density at radius 1 is 1.33 bits per heavy atom. The van der Waals surface area contributed by atoms with Gasteiger partial charge in [-0.3, -0.25) is 9.59 Å². The van der Waals surface area contributed by atoms with Crippen LogP contribution in [0.4, 0.5) is 14.5 Å². The van der Waals surface area contributed by atoms with Gasteiger partial charge >= 0.3 is 11.8 Å². The zero-order valence-electron chi connectivity index (χ0n) is 12.9. The topological polar surface area (TPSA) is 75.4 Å². The van der Waals surface area contributed by atoms with Crippen molar-refractivity contribution in [3.63, 3.8) is 0 Å². The lowest BCUT2D eigenvalue weighted by atomic mass is 10.0. The summed E-state index contributed by atoms with van der Waals surface area (Å²) >= 11 is 0. The molecule has 8 heteroatoms. The molecule has 1 aliphatic rings. The minimum Gasteiger partial charge on any atom is -0.361 e. The van der Waals surface area contributed by atoms with Gasteiger partial charge in [0.2, 0.25) is 0 Å². The maximum absolute atomic E-state index is 13.8. The van der Waals surface area contributed by atoms with Crippen LogP contribution in [0.15, 0.2) is 22.7 Å². The van der Waals surface area contributed by atoms with Crippen molar-refractivity contribution in [2.45, 2.75) is 26.3 Å². The van der Waals surface area contributed by atoms with Crippen LogP contribution in [0.5, 0.6) is 0 Å². The number of nitrogens with one attached hydrogen (secondary N) is 1. The van der Waals surface area contributed by atoms with Gasteiger partial charge in [0.15, 0.2) is 0 Å². The Kier molecular flexibility index (Phi) is 4.28. The lowest BCUT2D eigenvalue weighted by Crippen LogP contribution is -2.45. The number of aromatic nitrogens is 1. The molecule has 2 amide bonds. The zero-order valence-corrected chi connectivity index (χ0v) is 12.9. The fourth-order valence-electron chi connectivity index (χ4n) is 2.69. The SMILES string of the molecule is Cc1cc(CNC(=O)C(=O)N2CCCc3c(F)cc(F)cc32)no1. The van der Waals surface area contributed by atoms with E-state index in [1.54, 1.807) is 13.0 Å². The second kappa shape index (κ2) is 6.38. The van der Waals surface area contributed by atoms with Gasteiger partial charge in [-0.2, -0.15) is 0 Å². The quantitative estimate of drug-likeness (QED) is 0.850. The molecule has 126 valence electrons. The van der Waals surface area contributed by atoms with E-state index < -0.39 is 23.4 Å². The molecule has 24 heavy (non-hydrogen) atoms. The molecule has 2 heterocycles. The molecule has 1 aromatic heterocycles. The molecule has 0 fully saturated rings. The summed E-state index contributed by atoms with van der Waals surface area (Å²) < 4.78 is 32.2. The lowest BCUT2D eigenvalue weighted by molar-refractivity contribution is -0.137. The van der Waals surface area contributed by atoms with Crippen LogP contribution in [-0.4, -0.2) is 23.5 Å². The summed E-state index contributed by atoms with van der Waals surface area (Å²) in [6.45, 7) is 1.96. The van der Waals surface area contributed by atoms with Crippen molar-refractivity contribution in [2.24, 2.45) is 0 Å². The number of benzene rings is 1. The number of rotatable bonds is 2. The van der Waals surface area contributed by atoms with E-state index in [0.717, 1.165) is 17.0 Å². The summed E-state index contributed by atoms with van der Waals surface area (Å²) in [5.41, 5.74) is 0.830. The number of halogens is 2. The molecule has 2 aromatic rings. The number of fused-ring (bicyclic) bond motifs is 1. The molecule has 1 aliphatic heterocycles. The highest BCUT2D eigenvalue weighted by Crippen LogP contribution is 2.30. The van der Waals surface area contributed by atoms with Crippen molar-refractivity contribution in [3.05, 3.63) is 46.9 Å². The van der Waals surface area contributed by atoms with E-state index >= 15 is 0 Å². The third-order valence-electron chi connectivity index (χ3n) is 3.78. The lowest BCUT2D eigenvalue weighted by Gasteiger charge is -2.29. The van der Waals surface area contributed by atoms with Crippen LogP contribution < -0.4 is 10.2 Å². The largest absolute Gasteiger partial charge is 0.361 e. The number of carbonyl (C=O) groups excluding carboxylic acids is 2. The summed E-state index contributed by atoms with van der Waals surface area (Å²) in [6.07, 6.45) is 0.891. The molecule has 1 aromatic carbocycles. The highest BCUT2D eigenvalue weighted by molar-refractivity contribution is 6.40. The Hall–Kier alpha value is -2.77. The monoisotopic (exact) mass is 335 g/mol. The van der Waals surface area contributed by atoms with Gasteiger partial charge < -0.3 is 14.7 Å². The second-order valence-corrected chi connectivity index (χ2v) is 5.56. The smallest absolute Gasteiger partial charge is 0.316 e. The first-order valence-corrected chi connectivity index (χ1v) is 7.45. The average molecular weight is 335 g/mol. The maximum Gasteiger partial charge on any atom is 0.316 e. The van der Waals surface area contributed by atoms with Gasteiger partial charge in [-0.25, -0.2) is 8.78 Å². The van der Waals surface area contributed by atoms with Gasteiger partial charge in [-0.05, 0) is 25.8 Å². The number of amides is 2. The molecule has 0 bridgehead atoms. The second-order valence-electron chi connectivity index (χ2n) is 5.56. The first kappa shape index (κ1) is 16.1. The minimum absolute atomic E-state index is 0.0279. The van der Waals surface area contributed by atoms with Crippen molar-refractivity contribution in [1.82, 2.24) is 10.5 Å². The molecule has 0 saturated carbocycles. The molecule has 3 rings (SSSR count). The van der Waals surface area contributed by atoms with Crippen LogP contribution in [-0.2, 0) is 22.6 Å². The van der Waals surface area contributed by atoms with Gasteiger partial charge in [0.05, 0.1) is 12.2 Å². The van der Waals surface area contributed by atoms with E-state index in [1.165, 1.54) is 0 Å². The van der Waals surface area contributed by atoms with Crippen LogP contribution in [0.3, 0.4) is 0 Å². The van der Waals surface area contributed by atoms with Crippen molar-refractivity contribution in [3.8, 4) is 0 Å². The number of carbonyl (C=O) groups is 2. The predicted molar refractivity (Wildman–Crippen MR) is 80.1 cm³/mol. The highest BCUT2D eigenvalue weighted by atomic mass is 19.1. The maximum atomic E-state index is 13.8. The highest BCUT2D eigenvalue weighted by Gasteiger charge is 2.29. The minimum atomic E-state index is -0.867. The molecule has 0 unspecified atom stereocenters. The fraction of sp³-hybridized carbons (Fsp3) is 0.312. The normalized spacial score (nSPS) is 13.5. The third-order valence-corrected chi connectivity index (χ3v) is 3.78. The zero-order chi connectivity index (χ0) is 17.3. The standard InChI is InChI=1S/C16H15F2N3O3/c1-9-5-11(20-24-9)8-19-15(22)16(23)21-4-2-3-12-13(18)6-10(17)7-14(12)21/h5-7H,2-4,8H2,1H3,(H,19,22). The van der Waals surface area contributed by atoms with E-state index in [0.29, 0.717) is 24.3 Å². The molecule has 0 atom stereocenters. The molecular formula is C16H15F2N3O3. The number of hydrogen-bond donors (Lipinski definition) is 1. The van der Waals surface area contributed by atoms with E-state index in [9.17, 15) is 18.4 Å². The number of anilines is 1. The summed E-state index contributed by atoms with van der Waals surface area (Å²) in [5, 5.41) is 6.13. The van der Waals surface area contributed by atoms with Gasteiger partial charge in [0.1, 0.15) is 23.1 Å². The molecule has 6 nitrogen and oxygen atoms in total. The van der Waals surface area contributed by atoms with Crippen LogP contribution >= 0.6 is 0 Å². The fourth-order valence-corrected chi connectivity index (χ4v) is 2.69. The Balaban J connectivity index is 1.75. The van der Waals surface area contributed by atoms with Crippen LogP contribution in [0.1, 0.15) is 23.4 Å². The molecular weight excluding hydrogens is 320 g/mol. The molecule has 0 radical (unpaired) electrons. The summed E-state index contributed by atoms with van der Waals surface area (Å²) in [4.78, 5) is 25.5. The molecule has 1 N–H and O–H groups in total. The van der Waals surface area contributed by atoms with Gasteiger partial charge in [-0.1, -0.05) is 5.16 Å². The summed E-state index contributed by atoms with van der Waals surface area (Å²) in [7, 11) is 0. The van der Waals surface area contributed by atoms with Gasteiger partial charge in [0.25, 0.3) is 0 Å². The van der Waals surface area contributed by atoms with E-state index in [1.807, 2.05) is 0 Å².